The first-order valence-corrected chi connectivity index (χ1v) is 8.61. The Morgan fingerprint density at radius 1 is 1.38 bits per heavy atom. The molecule has 1 N–H and O–H groups in total. The van der Waals surface area contributed by atoms with Gasteiger partial charge in [0.05, 0.1) is 24.6 Å². The summed E-state index contributed by atoms with van der Waals surface area (Å²) in [5.41, 5.74) is 0.841. The molecule has 2 saturated heterocycles. The minimum atomic E-state index is 0. The topological polar surface area (TPSA) is 78.2 Å². The highest BCUT2D eigenvalue weighted by Crippen LogP contribution is 2.16. The highest BCUT2D eigenvalue weighted by Gasteiger charge is 2.28. The number of ether oxygens (including phenoxy) is 1. The Balaban J connectivity index is 0.00000243. The maximum Gasteiger partial charge on any atom is 0.246 e. The van der Waals surface area contributed by atoms with Crippen LogP contribution in [0.5, 0.6) is 0 Å². The number of nitrogens with one attached hydrogen (secondary N) is 1. The molecule has 0 aromatic carbocycles. The van der Waals surface area contributed by atoms with Gasteiger partial charge in [0.1, 0.15) is 6.54 Å². The van der Waals surface area contributed by atoms with Crippen molar-refractivity contribution in [2.45, 2.75) is 6.10 Å². The number of hydrogen-bond acceptors (Lipinski definition) is 5. The van der Waals surface area contributed by atoms with Crippen molar-refractivity contribution in [3.05, 3.63) is 12.4 Å². The highest BCUT2D eigenvalue weighted by molar-refractivity contribution is 14.0. The summed E-state index contributed by atoms with van der Waals surface area (Å²) < 4.78 is 7.47. The van der Waals surface area contributed by atoms with E-state index in [0.29, 0.717) is 19.6 Å². The third kappa shape index (κ3) is 5.07. The second-order valence-electron chi connectivity index (χ2n) is 6.52. The summed E-state index contributed by atoms with van der Waals surface area (Å²) in [6.45, 7) is 4.96. The minimum Gasteiger partial charge on any atom is -0.374 e. The Bertz CT molecular complexity index is 636. The van der Waals surface area contributed by atoms with Crippen LogP contribution < -0.4 is 10.2 Å². The number of carbonyl (C=O) groups is 1. The monoisotopic (exact) mass is 477 g/mol. The van der Waals surface area contributed by atoms with Crippen LogP contribution in [0.1, 0.15) is 0 Å². The van der Waals surface area contributed by atoms with Crippen LogP contribution in [0.4, 0.5) is 5.69 Å². The Hall–Kier alpha value is -1.40. The van der Waals surface area contributed by atoms with Gasteiger partial charge in [-0.05, 0) is 7.05 Å². The number of rotatable bonds is 3. The quantitative estimate of drug-likeness (QED) is 0.363. The van der Waals surface area contributed by atoms with E-state index in [1.807, 2.05) is 18.1 Å². The minimum absolute atomic E-state index is 0. The number of nitrogens with zero attached hydrogens (tertiary/aromatic N) is 6. The number of anilines is 1. The molecule has 3 heterocycles. The maximum absolute atomic E-state index is 12.5. The van der Waals surface area contributed by atoms with Crippen LogP contribution in [0.25, 0.3) is 0 Å². The smallest absolute Gasteiger partial charge is 0.246 e. The molecule has 0 radical (unpaired) electrons. The van der Waals surface area contributed by atoms with E-state index in [-0.39, 0.29) is 36.0 Å². The largest absolute Gasteiger partial charge is 0.374 e. The van der Waals surface area contributed by atoms with Gasteiger partial charge in [0.2, 0.25) is 5.91 Å². The number of amides is 1. The van der Waals surface area contributed by atoms with Crippen LogP contribution >= 0.6 is 24.0 Å². The van der Waals surface area contributed by atoms with E-state index in [0.717, 1.165) is 37.9 Å². The molecule has 10 heteroatoms. The molecule has 2 fully saturated rings. The molecule has 1 aromatic heterocycles. The van der Waals surface area contributed by atoms with Crippen LogP contribution in [-0.2, 0) is 16.6 Å². The Labute approximate surface area is 171 Å². The van der Waals surface area contributed by atoms with E-state index in [2.05, 4.69) is 27.4 Å². The molecule has 0 spiro atoms. The van der Waals surface area contributed by atoms with E-state index in [1.54, 1.807) is 22.8 Å². The molecular formula is C16H28IN7O2. The number of likely N-dealkylation sites (N-methyl/N-ethyl adjacent to an activating group) is 1. The van der Waals surface area contributed by atoms with Crippen molar-refractivity contribution >= 4 is 41.5 Å². The molecule has 0 bridgehead atoms. The Morgan fingerprint density at radius 3 is 2.81 bits per heavy atom. The zero-order valence-electron chi connectivity index (χ0n) is 15.6. The predicted octanol–water partition coefficient (Wildman–Crippen LogP) is -0.407. The number of hydrogen-bond donors (Lipinski definition) is 1. The second-order valence-corrected chi connectivity index (χ2v) is 6.52. The molecule has 2 aliphatic rings. The first-order chi connectivity index (χ1) is 12.1. The summed E-state index contributed by atoms with van der Waals surface area (Å²) in [6, 6.07) is 0. The standard InChI is InChI=1S/C16H27N7O2.HI/c1-17-16(18-9-14-11-20(2)6-7-25-14)22-4-5-23(15(24)12-22)13-8-19-21(3)10-13;/h8,10,14H,4-7,9,11-12H2,1-3H3,(H,17,18);1H. The van der Waals surface area contributed by atoms with E-state index in [1.165, 1.54) is 0 Å². The van der Waals surface area contributed by atoms with Gasteiger partial charge < -0.3 is 24.8 Å². The van der Waals surface area contributed by atoms with Crippen molar-refractivity contribution in [2.75, 3.05) is 64.9 Å². The van der Waals surface area contributed by atoms with Crippen LogP contribution in [0.3, 0.4) is 0 Å². The number of piperazine rings is 1. The summed E-state index contributed by atoms with van der Waals surface area (Å²) in [5.74, 6) is 0.798. The molecule has 3 rings (SSSR count). The molecular weight excluding hydrogens is 449 g/mol. The normalized spacial score (nSPS) is 22.3. The lowest BCUT2D eigenvalue weighted by Gasteiger charge is -2.36. The fraction of sp³-hybridized carbons (Fsp3) is 0.688. The molecule has 1 unspecified atom stereocenters. The summed E-state index contributed by atoms with van der Waals surface area (Å²) in [5, 5.41) is 7.48. The molecule has 9 nitrogen and oxygen atoms in total. The second kappa shape index (κ2) is 9.51. The van der Waals surface area contributed by atoms with Gasteiger partial charge in [-0.1, -0.05) is 0 Å². The van der Waals surface area contributed by atoms with Gasteiger partial charge in [0.25, 0.3) is 0 Å². The molecule has 1 aromatic rings. The molecule has 146 valence electrons. The van der Waals surface area contributed by atoms with Crippen molar-refractivity contribution in [2.24, 2.45) is 12.0 Å². The van der Waals surface area contributed by atoms with E-state index >= 15 is 0 Å². The number of morpholine rings is 1. The third-order valence-electron chi connectivity index (χ3n) is 4.56. The Morgan fingerprint density at radius 2 is 2.19 bits per heavy atom. The molecule has 2 aliphatic heterocycles. The highest BCUT2D eigenvalue weighted by atomic mass is 127. The van der Waals surface area contributed by atoms with Crippen LogP contribution in [0, 0.1) is 0 Å². The number of guanidine groups is 1. The molecule has 1 atom stereocenters. The van der Waals surface area contributed by atoms with Crippen LogP contribution in [-0.4, -0.2) is 97.5 Å². The van der Waals surface area contributed by atoms with Gasteiger partial charge in [-0.2, -0.15) is 5.10 Å². The summed E-state index contributed by atoms with van der Waals surface area (Å²) in [7, 11) is 5.69. The van der Waals surface area contributed by atoms with Gasteiger partial charge in [-0.15, -0.1) is 24.0 Å². The van der Waals surface area contributed by atoms with E-state index in [4.69, 9.17) is 4.74 Å². The lowest BCUT2D eigenvalue weighted by molar-refractivity contribution is -0.120. The molecule has 26 heavy (non-hydrogen) atoms. The summed E-state index contributed by atoms with van der Waals surface area (Å²) in [4.78, 5) is 22.9. The fourth-order valence-corrected chi connectivity index (χ4v) is 3.20. The van der Waals surface area contributed by atoms with Crippen molar-refractivity contribution in [1.29, 1.82) is 0 Å². The van der Waals surface area contributed by atoms with Crippen molar-refractivity contribution in [1.82, 2.24) is 24.9 Å². The molecule has 0 saturated carbocycles. The zero-order chi connectivity index (χ0) is 17.8. The zero-order valence-corrected chi connectivity index (χ0v) is 17.9. The molecule has 0 aliphatic carbocycles. The number of carbonyl (C=O) groups excluding carboxylic acids is 1. The number of aryl methyl sites for hydroxylation is 1. The molecule has 1 amide bonds. The first kappa shape index (κ1) is 20.9. The van der Waals surface area contributed by atoms with E-state index < -0.39 is 0 Å². The average Bonchev–Trinajstić information content (AvgIpc) is 3.02. The number of aliphatic imine (C=N–C) groups is 1. The first-order valence-electron chi connectivity index (χ1n) is 8.61. The van der Waals surface area contributed by atoms with Gasteiger partial charge in [-0.3, -0.25) is 14.5 Å². The Kier molecular flexibility index (Phi) is 7.65. The SMILES string of the molecule is CN=C(NCC1CN(C)CCO1)N1CCN(c2cnn(C)c2)C(=O)C1.I. The lowest BCUT2D eigenvalue weighted by Crippen LogP contribution is -2.56. The van der Waals surface area contributed by atoms with Crippen molar-refractivity contribution in [3.63, 3.8) is 0 Å². The van der Waals surface area contributed by atoms with Gasteiger partial charge in [-0.25, -0.2) is 0 Å². The predicted molar refractivity (Wildman–Crippen MR) is 111 cm³/mol. The third-order valence-corrected chi connectivity index (χ3v) is 4.56. The van der Waals surface area contributed by atoms with Crippen LogP contribution in [0.15, 0.2) is 17.4 Å². The lowest BCUT2D eigenvalue weighted by atomic mass is 10.2. The fourth-order valence-electron chi connectivity index (χ4n) is 3.20. The van der Waals surface area contributed by atoms with Crippen molar-refractivity contribution < 1.29 is 9.53 Å². The summed E-state index contributed by atoms with van der Waals surface area (Å²) >= 11 is 0. The van der Waals surface area contributed by atoms with Gasteiger partial charge >= 0.3 is 0 Å². The van der Waals surface area contributed by atoms with E-state index in [9.17, 15) is 4.79 Å². The summed E-state index contributed by atoms with van der Waals surface area (Å²) in [6.07, 6.45) is 3.72. The number of aromatic nitrogens is 2. The van der Waals surface area contributed by atoms with Crippen molar-refractivity contribution in [3.8, 4) is 0 Å². The van der Waals surface area contributed by atoms with Gasteiger partial charge in [0, 0.05) is 53.0 Å². The van der Waals surface area contributed by atoms with Crippen LogP contribution in [0.2, 0.25) is 0 Å². The number of halogens is 1. The maximum atomic E-state index is 12.5. The van der Waals surface area contributed by atoms with Gasteiger partial charge in [0.15, 0.2) is 5.96 Å². The average molecular weight is 477 g/mol.